The fraction of sp³-hybridized carbons (Fsp3) is 1.00. The van der Waals surface area contributed by atoms with Crippen molar-refractivity contribution in [3.05, 3.63) is 0 Å². The maximum atomic E-state index is 6.84. The Morgan fingerprint density at radius 3 is 2.26 bits per heavy atom. The lowest BCUT2D eigenvalue weighted by atomic mass is 9.60. The predicted octanol–water partition coefficient (Wildman–Crippen LogP) is 5.14. The first-order chi connectivity index (χ1) is 8.87. The minimum Gasteiger partial charge on any atom is -0.325 e. The number of hydrogen-bond acceptors (Lipinski definition) is 1. The minimum atomic E-state index is 0.176. The molecule has 2 N–H and O–H groups in total. The standard InChI is InChI=1S/C18H35N/c1-5-17(3,4)15-9-11-18(19,12-10-15)16-8-6-7-14(2)13-16/h14-16H,5-13,19H2,1-4H3. The number of hydrogen-bond donors (Lipinski definition) is 1. The maximum Gasteiger partial charge on any atom is 0.0183 e. The van der Waals surface area contributed by atoms with Crippen LogP contribution < -0.4 is 5.73 Å². The van der Waals surface area contributed by atoms with E-state index in [-0.39, 0.29) is 5.54 Å². The lowest BCUT2D eigenvalue weighted by Crippen LogP contribution is -2.52. The van der Waals surface area contributed by atoms with E-state index in [0.29, 0.717) is 5.41 Å². The SMILES string of the molecule is CCC(C)(C)C1CCC(N)(C2CCCC(C)C2)CC1. The van der Waals surface area contributed by atoms with Gasteiger partial charge in [0.25, 0.3) is 0 Å². The van der Waals surface area contributed by atoms with Gasteiger partial charge in [-0.05, 0) is 61.7 Å². The fourth-order valence-corrected chi connectivity index (χ4v) is 4.59. The molecular formula is C18H35N. The summed E-state index contributed by atoms with van der Waals surface area (Å²) >= 11 is 0. The van der Waals surface area contributed by atoms with Gasteiger partial charge in [0.1, 0.15) is 0 Å². The van der Waals surface area contributed by atoms with E-state index < -0.39 is 0 Å². The van der Waals surface area contributed by atoms with Crippen LogP contribution in [0, 0.1) is 23.2 Å². The van der Waals surface area contributed by atoms with E-state index >= 15 is 0 Å². The first-order valence-corrected chi connectivity index (χ1v) is 8.66. The second-order valence-electron chi connectivity index (χ2n) is 8.32. The second kappa shape index (κ2) is 5.76. The molecule has 0 aromatic rings. The van der Waals surface area contributed by atoms with E-state index in [9.17, 15) is 0 Å². The van der Waals surface area contributed by atoms with E-state index in [4.69, 9.17) is 5.73 Å². The summed E-state index contributed by atoms with van der Waals surface area (Å²) in [5, 5.41) is 0. The summed E-state index contributed by atoms with van der Waals surface area (Å²) in [5.74, 6) is 2.61. The van der Waals surface area contributed by atoms with Crippen molar-refractivity contribution in [2.45, 2.75) is 91.0 Å². The van der Waals surface area contributed by atoms with Crippen molar-refractivity contribution in [3.63, 3.8) is 0 Å². The molecule has 0 radical (unpaired) electrons. The van der Waals surface area contributed by atoms with Gasteiger partial charge in [0, 0.05) is 5.54 Å². The Bertz CT molecular complexity index is 286. The van der Waals surface area contributed by atoms with Gasteiger partial charge in [-0.25, -0.2) is 0 Å². The summed E-state index contributed by atoms with van der Waals surface area (Å²) in [6, 6.07) is 0. The molecule has 2 rings (SSSR count). The van der Waals surface area contributed by atoms with Gasteiger partial charge in [-0.1, -0.05) is 47.0 Å². The zero-order chi connectivity index (χ0) is 14.1. The molecule has 2 fully saturated rings. The summed E-state index contributed by atoms with van der Waals surface area (Å²) in [6.45, 7) is 9.65. The molecule has 0 aliphatic heterocycles. The summed E-state index contributed by atoms with van der Waals surface area (Å²) in [6.07, 6.45) is 12.2. The third kappa shape index (κ3) is 3.35. The van der Waals surface area contributed by atoms with Gasteiger partial charge in [0.05, 0.1) is 0 Å². The van der Waals surface area contributed by atoms with Gasteiger partial charge >= 0.3 is 0 Å². The molecule has 2 aliphatic rings. The van der Waals surface area contributed by atoms with Crippen LogP contribution in [0.15, 0.2) is 0 Å². The first kappa shape index (κ1) is 15.4. The van der Waals surface area contributed by atoms with Crippen molar-refractivity contribution < 1.29 is 0 Å². The van der Waals surface area contributed by atoms with Crippen molar-refractivity contribution in [2.75, 3.05) is 0 Å². The lowest BCUT2D eigenvalue weighted by molar-refractivity contribution is 0.0672. The van der Waals surface area contributed by atoms with Crippen molar-refractivity contribution >= 4 is 0 Å². The van der Waals surface area contributed by atoms with Crippen molar-refractivity contribution in [2.24, 2.45) is 28.9 Å². The van der Waals surface area contributed by atoms with E-state index in [0.717, 1.165) is 17.8 Å². The Morgan fingerprint density at radius 2 is 1.74 bits per heavy atom. The van der Waals surface area contributed by atoms with Crippen LogP contribution in [0.1, 0.15) is 85.5 Å². The molecule has 2 saturated carbocycles. The Kier molecular flexibility index (Phi) is 4.65. The summed E-state index contributed by atoms with van der Waals surface area (Å²) in [7, 11) is 0. The molecule has 1 heteroatoms. The Balaban J connectivity index is 1.94. The van der Waals surface area contributed by atoms with Crippen LogP contribution in [-0.4, -0.2) is 5.54 Å². The van der Waals surface area contributed by atoms with Crippen LogP contribution in [0.3, 0.4) is 0 Å². The molecule has 0 bridgehead atoms. The molecule has 2 unspecified atom stereocenters. The molecule has 0 aromatic heterocycles. The van der Waals surface area contributed by atoms with Crippen molar-refractivity contribution in [1.82, 2.24) is 0 Å². The predicted molar refractivity (Wildman–Crippen MR) is 84.1 cm³/mol. The number of nitrogens with two attached hydrogens (primary N) is 1. The third-order valence-electron chi connectivity index (χ3n) is 6.68. The zero-order valence-electron chi connectivity index (χ0n) is 13.7. The Labute approximate surface area is 120 Å². The van der Waals surface area contributed by atoms with E-state index in [1.54, 1.807) is 0 Å². The van der Waals surface area contributed by atoms with E-state index in [2.05, 4.69) is 27.7 Å². The largest absolute Gasteiger partial charge is 0.325 e. The highest BCUT2D eigenvalue weighted by Crippen LogP contribution is 2.47. The Hall–Kier alpha value is -0.0400. The van der Waals surface area contributed by atoms with Crippen LogP contribution >= 0.6 is 0 Å². The van der Waals surface area contributed by atoms with Crippen LogP contribution in [0.4, 0.5) is 0 Å². The van der Waals surface area contributed by atoms with Gasteiger partial charge in [-0.15, -0.1) is 0 Å². The second-order valence-corrected chi connectivity index (χ2v) is 8.32. The molecule has 2 aliphatic carbocycles. The minimum absolute atomic E-state index is 0.176. The molecule has 0 aromatic carbocycles. The normalized spacial score (nSPS) is 41.2. The molecule has 0 spiro atoms. The molecule has 19 heavy (non-hydrogen) atoms. The average Bonchev–Trinajstić information content (AvgIpc) is 2.39. The summed E-state index contributed by atoms with van der Waals surface area (Å²) in [5.41, 5.74) is 7.53. The van der Waals surface area contributed by atoms with Crippen molar-refractivity contribution in [3.8, 4) is 0 Å². The van der Waals surface area contributed by atoms with E-state index in [1.165, 1.54) is 57.8 Å². The zero-order valence-corrected chi connectivity index (χ0v) is 13.7. The molecular weight excluding hydrogens is 230 g/mol. The fourth-order valence-electron chi connectivity index (χ4n) is 4.59. The van der Waals surface area contributed by atoms with Crippen LogP contribution in [-0.2, 0) is 0 Å². The number of rotatable bonds is 3. The topological polar surface area (TPSA) is 26.0 Å². The maximum absolute atomic E-state index is 6.84. The molecule has 0 amide bonds. The van der Waals surface area contributed by atoms with Crippen LogP contribution in [0.25, 0.3) is 0 Å². The van der Waals surface area contributed by atoms with Gasteiger partial charge in [0.15, 0.2) is 0 Å². The summed E-state index contributed by atoms with van der Waals surface area (Å²) < 4.78 is 0. The summed E-state index contributed by atoms with van der Waals surface area (Å²) in [4.78, 5) is 0. The molecule has 0 heterocycles. The Morgan fingerprint density at radius 1 is 1.11 bits per heavy atom. The van der Waals surface area contributed by atoms with Gasteiger partial charge < -0.3 is 5.73 Å². The smallest absolute Gasteiger partial charge is 0.0183 e. The van der Waals surface area contributed by atoms with E-state index in [1.807, 2.05) is 0 Å². The third-order valence-corrected chi connectivity index (χ3v) is 6.68. The molecule has 0 saturated heterocycles. The highest BCUT2D eigenvalue weighted by molar-refractivity contribution is 4.98. The van der Waals surface area contributed by atoms with Gasteiger partial charge in [-0.2, -0.15) is 0 Å². The molecule has 112 valence electrons. The molecule has 2 atom stereocenters. The lowest BCUT2D eigenvalue weighted by Gasteiger charge is -2.48. The van der Waals surface area contributed by atoms with Crippen LogP contribution in [0.2, 0.25) is 0 Å². The first-order valence-electron chi connectivity index (χ1n) is 8.66. The molecule has 1 nitrogen and oxygen atoms in total. The van der Waals surface area contributed by atoms with Crippen molar-refractivity contribution in [1.29, 1.82) is 0 Å². The highest BCUT2D eigenvalue weighted by Gasteiger charge is 2.42. The quantitative estimate of drug-likeness (QED) is 0.751. The monoisotopic (exact) mass is 265 g/mol. The van der Waals surface area contributed by atoms with Crippen LogP contribution in [0.5, 0.6) is 0 Å². The van der Waals surface area contributed by atoms with Gasteiger partial charge in [-0.3, -0.25) is 0 Å². The van der Waals surface area contributed by atoms with Gasteiger partial charge in [0.2, 0.25) is 0 Å². The highest BCUT2D eigenvalue weighted by atomic mass is 14.8. The average molecular weight is 265 g/mol.